The number of nitrogens with zero attached hydrogens (tertiary/aromatic N) is 4. The number of carbonyl (C=O) groups excluding carboxylic acids is 2. The minimum absolute atomic E-state index is 0.145. The number of carbonyl (C=O) groups is 2. The molecule has 40 heavy (non-hydrogen) atoms. The van der Waals surface area contributed by atoms with Gasteiger partial charge in [-0.3, -0.25) is 14.5 Å². The normalized spacial score (nSPS) is 17.4. The van der Waals surface area contributed by atoms with Gasteiger partial charge in [-0.1, -0.05) is 35.3 Å². The van der Waals surface area contributed by atoms with Crippen molar-refractivity contribution in [2.45, 2.75) is 32.4 Å². The third-order valence-corrected chi connectivity index (χ3v) is 7.88. The van der Waals surface area contributed by atoms with E-state index in [0.717, 1.165) is 5.56 Å². The van der Waals surface area contributed by atoms with Gasteiger partial charge in [0.15, 0.2) is 5.54 Å². The van der Waals surface area contributed by atoms with Crippen LogP contribution in [0.5, 0.6) is 11.9 Å². The summed E-state index contributed by atoms with van der Waals surface area (Å²) in [6.07, 6.45) is 1.59. The van der Waals surface area contributed by atoms with Crippen molar-refractivity contribution in [1.82, 2.24) is 14.5 Å². The van der Waals surface area contributed by atoms with E-state index in [1.807, 2.05) is 31.4 Å². The molecule has 0 aliphatic carbocycles. The van der Waals surface area contributed by atoms with Crippen LogP contribution in [0, 0.1) is 6.92 Å². The summed E-state index contributed by atoms with van der Waals surface area (Å²) in [7, 11) is 2.97. The predicted molar refractivity (Wildman–Crippen MR) is 153 cm³/mol. The summed E-state index contributed by atoms with van der Waals surface area (Å²) in [6, 6.07) is 12.2. The molecule has 11 heteroatoms. The van der Waals surface area contributed by atoms with Gasteiger partial charge in [0.05, 0.1) is 42.4 Å². The van der Waals surface area contributed by atoms with Crippen LogP contribution in [0.3, 0.4) is 0 Å². The molecule has 2 aliphatic heterocycles. The van der Waals surface area contributed by atoms with Crippen LogP contribution < -0.4 is 19.7 Å². The number of benzene rings is 2. The van der Waals surface area contributed by atoms with Gasteiger partial charge in [0.25, 0.3) is 11.8 Å². The van der Waals surface area contributed by atoms with Crippen LogP contribution in [-0.2, 0) is 10.3 Å². The largest absolute Gasteiger partial charge is 0.480 e. The number of aryl methyl sites for hydroxylation is 1. The van der Waals surface area contributed by atoms with E-state index in [4.69, 9.17) is 32.7 Å². The van der Waals surface area contributed by atoms with Gasteiger partial charge in [0, 0.05) is 33.5 Å². The predicted octanol–water partition coefficient (Wildman–Crippen LogP) is 6.01. The number of hydrogen-bond donors (Lipinski definition) is 1. The Morgan fingerprint density at radius 1 is 0.975 bits per heavy atom. The van der Waals surface area contributed by atoms with Crippen LogP contribution in [0.25, 0.3) is 11.3 Å². The fourth-order valence-corrected chi connectivity index (χ4v) is 6.14. The van der Waals surface area contributed by atoms with Crippen LogP contribution in [0.2, 0.25) is 10.0 Å². The van der Waals surface area contributed by atoms with Crippen LogP contribution in [0.1, 0.15) is 47.1 Å². The van der Waals surface area contributed by atoms with E-state index in [0.29, 0.717) is 49.5 Å². The molecular formula is C29H25Cl2N5O4. The Morgan fingerprint density at radius 3 is 2.40 bits per heavy atom. The summed E-state index contributed by atoms with van der Waals surface area (Å²) >= 11 is 12.8. The third kappa shape index (κ3) is 3.47. The second kappa shape index (κ2) is 9.25. The topological polar surface area (TPSA) is 98.6 Å². The molecule has 204 valence electrons. The highest BCUT2D eigenvalue weighted by molar-refractivity contribution is 6.32. The van der Waals surface area contributed by atoms with Gasteiger partial charge >= 0.3 is 6.01 Å². The summed E-state index contributed by atoms with van der Waals surface area (Å²) in [5.41, 5.74) is 3.01. The molecule has 0 radical (unpaired) electrons. The second-order valence-corrected chi connectivity index (χ2v) is 10.8. The van der Waals surface area contributed by atoms with Crippen molar-refractivity contribution < 1.29 is 19.1 Å². The molecule has 0 fully saturated rings. The lowest BCUT2D eigenvalue weighted by Gasteiger charge is -2.37. The minimum Gasteiger partial charge on any atom is -0.480 e. The first kappa shape index (κ1) is 26.2. The number of anilines is 2. The molecule has 4 aromatic rings. The van der Waals surface area contributed by atoms with Crippen LogP contribution >= 0.6 is 23.2 Å². The van der Waals surface area contributed by atoms with Gasteiger partial charge in [-0.2, -0.15) is 4.98 Å². The average Bonchev–Trinajstić information content (AvgIpc) is 3.53. The Labute approximate surface area is 240 Å². The molecule has 0 bridgehead atoms. The minimum atomic E-state index is -1.54. The van der Waals surface area contributed by atoms with Crippen molar-refractivity contribution in [2.24, 2.45) is 0 Å². The van der Waals surface area contributed by atoms with E-state index in [1.165, 1.54) is 14.2 Å². The highest BCUT2D eigenvalue weighted by Crippen LogP contribution is 2.56. The Morgan fingerprint density at radius 2 is 1.70 bits per heavy atom. The summed E-state index contributed by atoms with van der Waals surface area (Å²) in [4.78, 5) is 39.0. The summed E-state index contributed by atoms with van der Waals surface area (Å²) in [5, 5.41) is 3.90. The van der Waals surface area contributed by atoms with Gasteiger partial charge in [0.1, 0.15) is 0 Å². The number of amides is 2. The molecule has 1 spiro atoms. The highest BCUT2D eigenvalue weighted by Gasteiger charge is 2.63. The van der Waals surface area contributed by atoms with Gasteiger partial charge in [-0.05, 0) is 56.7 Å². The molecule has 2 aliphatic rings. The lowest BCUT2D eigenvalue weighted by Crippen LogP contribution is -2.51. The monoisotopic (exact) mass is 577 g/mol. The number of fused-ring (bicyclic) bond motifs is 4. The molecule has 2 aromatic carbocycles. The Bertz CT molecular complexity index is 1730. The highest BCUT2D eigenvalue weighted by atomic mass is 35.5. The van der Waals surface area contributed by atoms with E-state index in [-0.39, 0.29) is 29.7 Å². The molecule has 6 rings (SSSR count). The van der Waals surface area contributed by atoms with Crippen molar-refractivity contribution in [2.75, 3.05) is 24.4 Å². The number of rotatable bonds is 5. The number of methoxy groups -OCH3 is 2. The first-order valence-corrected chi connectivity index (χ1v) is 13.3. The smallest absolute Gasteiger partial charge is 0.319 e. The maximum atomic E-state index is 14.5. The van der Waals surface area contributed by atoms with Crippen molar-refractivity contribution in [3.05, 3.63) is 81.1 Å². The van der Waals surface area contributed by atoms with E-state index in [1.54, 1.807) is 47.5 Å². The Kier molecular flexibility index (Phi) is 6.05. The standard InChI is InChI=1S/C29H25Cl2N5O4/c1-14(2)35-23(19-13-32-28(40-5)34-25(19)39-4)12-18-24(35)29(20-9-8-16(30)10-21(20)33-27(29)38)36(26(18)37)22-11-17(31)7-6-15(22)3/h6-14H,1-5H3,(H,33,38)/t29-/m0/s1. The summed E-state index contributed by atoms with van der Waals surface area (Å²) in [5.74, 6) is -0.440. The fraction of sp³-hybridized carbons (Fsp3) is 0.241. The van der Waals surface area contributed by atoms with Crippen LogP contribution in [-0.4, -0.2) is 40.6 Å². The van der Waals surface area contributed by atoms with E-state index < -0.39 is 5.54 Å². The SMILES string of the molecule is COc1ncc(-c2cc3c(n2C(C)C)[C@@]2(C(=O)Nc4cc(Cl)ccc42)N(c2cc(Cl)ccc2C)C3=O)c(OC)n1. The first-order valence-electron chi connectivity index (χ1n) is 12.6. The van der Waals surface area contributed by atoms with Gasteiger partial charge in [-0.25, -0.2) is 4.98 Å². The van der Waals surface area contributed by atoms with Crippen molar-refractivity contribution >= 4 is 46.4 Å². The number of hydrogen-bond acceptors (Lipinski definition) is 6. The molecule has 2 aromatic heterocycles. The molecule has 0 saturated heterocycles. The lowest BCUT2D eigenvalue weighted by molar-refractivity contribution is -0.119. The molecule has 2 amide bonds. The van der Waals surface area contributed by atoms with E-state index in [9.17, 15) is 9.59 Å². The molecule has 0 saturated carbocycles. The van der Waals surface area contributed by atoms with E-state index >= 15 is 0 Å². The summed E-state index contributed by atoms with van der Waals surface area (Å²) in [6.45, 7) is 5.86. The van der Waals surface area contributed by atoms with E-state index in [2.05, 4.69) is 15.3 Å². The van der Waals surface area contributed by atoms with Crippen molar-refractivity contribution in [3.8, 4) is 23.1 Å². The lowest BCUT2D eigenvalue weighted by atomic mass is 9.86. The number of ether oxygens (including phenoxy) is 2. The quantitative estimate of drug-likeness (QED) is 0.311. The zero-order chi connectivity index (χ0) is 28.5. The van der Waals surface area contributed by atoms with Gasteiger partial charge in [-0.15, -0.1) is 0 Å². The Balaban J connectivity index is 1.73. The number of halogens is 2. The fourth-order valence-electron chi connectivity index (χ4n) is 5.80. The summed E-state index contributed by atoms with van der Waals surface area (Å²) < 4.78 is 12.7. The molecule has 0 unspecified atom stereocenters. The molecular weight excluding hydrogens is 553 g/mol. The van der Waals surface area contributed by atoms with Gasteiger partial charge in [0.2, 0.25) is 5.88 Å². The van der Waals surface area contributed by atoms with Gasteiger partial charge < -0.3 is 19.4 Å². The zero-order valence-electron chi connectivity index (χ0n) is 22.4. The second-order valence-electron chi connectivity index (χ2n) is 9.96. The zero-order valence-corrected chi connectivity index (χ0v) is 23.9. The molecule has 1 N–H and O–H groups in total. The third-order valence-electron chi connectivity index (χ3n) is 7.41. The maximum Gasteiger partial charge on any atom is 0.319 e. The van der Waals surface area contributed by atoms with Crippen molar-refractivity contribution in [1.29, 1.82) is 0 Å². The molecule has 4 heterocycles. The van der Waals surface area contributed by atoms with Crippen LogP contribution in [0.15, 0.2) is 48.7 Å². The maximum absolute atomic E-state index is 14.5. The first-order chi connectivity index (χ1) is 19.1. The van der Waals surface area contributed by atoms with Crippen LogP contribution in [0.4, 0.5) is 11.4 Å². The molecule has 9 nitrogen and oxygen atoms in total. The Hall–Kier alpha value is -4.08. The number of aromatic nitrogens is 3. The number of nitrogens with one attached hydrogen (secondary N) is 1. The molecule has 1 atom stereocenters. The van der Waals surface area contributed by atoms with Crippen molar-refractivity contribution in [3.63, 3.8) is 0 Å². The average molecular weight is 578 g/mol.